The minimum absolute atomic E-state index is 0.0973. The molecule has 5 heteroatoms. The van der Waals surface area contributed by atoms with Crippen molar-refractivity contribution in [2.24, 2.45) is 0 Å². The van der Waals surface area contributed by atoms with Crippen LogP contribution >= 0.6 is 27.5 Å². The largest absolute Gasteiger partial charge is 0.333 e. The van der Waals surface area contributed by atoms with Crippen LogP contribution in [0.3, 0.4) is 0 Å². The highest BCUT2D eigenvalue weighted by Gasteiger charge is 2.18. The highest BCUT2D eigenvalue weighted by atomic mass is 79.9. The number of amides is 1. The quantitative estimate of drug-likeness (QED) is 0.827. The normalized spacial score (nSPS) is 10.3. The maximum absolute atomic E-state index is 12.5. The first-order valence-corrected chi connectivity index (χ1v) is 7.43. The van der Waals surface area contributed by atoms with E-state index in [0.29, 0.717) is 28.3 Å². The van der Waals surface area contributed by atoms with Gasteiger partial charge in [0.2, 0.25) is 0 Å². The van der Waals surface area contributed by atoms with E-state index in [4.69, 9.17) is 11.6 Å². The number of carbonyl (C=O) groups is 1. The Hall–Kier alpha value is -1.39. The molecule has 0 bridgehead atoms. The fourth-order valence-corrected chi connectivity index (χ4v) is 2.51. The van der Waals surface area contributed by atoms with Crippen LogP contribution in [-0.2, 0) is 6.54 Å². The molecule has 0 atom stereocenters. The number of benzene rings is 1. The number of hydrogen-bond donors (Lipinski definition) is 0. The van der Waals surface area contributed by atoms with E-state index in [0.717, 1.165) is 5.56 Å². The Bertz CT molecular complexity index is 618. The molecule has 2 aromatic rings. The van der Waals surface area contributed by atoms with Crippen LogP contribution in [0.15, 0.2) is 47.1 Å². The highest BCUT2D eigenvalue weighted by Crippen LogP contribution is 2.18. The minimum atomic E-state index is -0.0973. The number of hydrogen-bond acceptors (Lipinski definition) is 2. The molecule has 0 spiro atoms. The van der Waals surface area contributed by atoms with Crippen molar-refractivity contribution >= 4 is 33.4 Å². The number of nitrogens with zero attached hydrogens (tertiary/aromatic N) is 2. The topological polar surface area (TPSA) is 33.2 Å². The molecule has 0 aliphatic heterocycles. The average molecular weight is 354 g/mol. The summed E-state index contributed by atoms with van der Waals surface area (Å²) in [6, 6.07) is 11.1. The molecule has 1 aromatic heterocycles. The molecule has 1 amide bonds. The van der Waals surface area contributed by atoms with E-state index < -0.39 is 0 Å². The third-order valence-electron chi connectivity index (χ3n) is 2.89. The Balaban J connectivity index is 2.20. The lowest BCUT2D eigenvalue weighted by Crippen LogP contribution is -2.31. The van der Waals surface area contributed by atoms with Crippen LogP contribution in [0.5, 0.6) is 0 Å². The fraction of sp³-hybridized carbons (Fsp3) is 0.200. The third-order valence-corrected chi connectivity index (χ3v) is 3.77. The smallest absolute Gasteiger partial charge is 0.273 e. The molecule has 104 valence electrons. The first-order valence-electron chi connectivity index (χ1n) is 6.26. The summed E-state index contributed by atoms with van der Waals surface area (Å²) in [5.41, 5.74) is 1.43. The van der Waals surface area contributed by atoms with Crippen LogP contribution in [0.25, 0.3) is 0 Å². The molecule has 3 nitrogen and oxygen atoms in total. The number of halogens is 2. The van der Waals surface area contributed by atoms with Crippen molar-refractivity contribution in [2.45, 2.75) is 13.5 Å². The van der Waals surface area contributed by atoms with Crippen LogP contribution in [0.2, 0.25) is 5.02 Å². The second kappa shape index (κ2) is 6.86. The van der Waals surface area contributed by atoms with Gasteiger partial charge in [0.1, 0.15) is 5.69 Å². The van der Waals surface area contributed by atoms with E-state index >= 15 is 0 Å². The molecule has 0 radical (unpaired) electrons. The second-order valence-corrected chi connectivity index (χ2v) is 5.57. The summed E-state index contributed by atoms with van der Waals surface area (Å²) in [6.07, 6.45) is 1.62. The van der Waals surface area contributed by atoms with Crippen molar-refractivity contribution < 1.29 is 4.79 Å². The van der Waals surface area contributed by atoms with Crippen LogP contribution in [0.1, 0.15) is 23.0 Å². The maximum Gasteiger partial charge on any atom is 0.273 e. The fourth-order valence-electron chi connectivity index (χ4n) is 1.88. The molecule has 0 saturated heterocycles. The van der Waals surface area contributed by atoms with E-state index in [1.165, 1.54) is 0 Å². The molecule has 20 heavy (non-hydrogen) atoms. The number of rotatable bonds is 4. The van der Waals surface area contributed by atoms with E-state index in [2.05, 4.69) is 20.9 Å². The van der Waals surface area contributed by atoms with E-state index in [-0.39, 0.29) is 5.91 Å². The van der Waals surface area contributed by atoms with Gasteiger partial charge in [0.25, 0.3) is 5.91 Å². The summed E-state index contributed by atoms with van der Waals surface area (Å²) < 4.78 is 0.703. The summed E-state index contributed by atoms with van der Waals surface area (Å²) in [4.78, 5) is 18.4. The Labute approximate surface area is 131 Å². The van der Waals surface area contributed by atoms with Crippen LogP contribution < -0.4 is 0 Å². The van der Waals surface area contributed by atoms with Crippen molar-refractivity contribution in [1.29, 1.82) is 0 Å². The van der Waals surface area contributed by atoms with Crippen molar-refractivity contribution in [3.63, 3.8) is 0 Å². The van der Waals surface area contributed by atoms with Gasteiger partial charge in [-0.25, -0.2) is 4.98 Å². The summed E-state index contributed by atoms with van der Waals surface area (Å²) in [5, 5.41) is 0.671. The molecule has 0 aliphatic carbocycles. The molecule has 1 aromatic carbocycles. The zero-order valence-corrected chi connectivity index (χ0v) is 13.4. The van der Waals surface area contributed by atoms with Gasteiger partial charge in [-0.2, -0.15) is 0 Å². The van der Waals surface area contributed by atoms with Crippen molar-refractivity contribution in [3.8, 4) is 0 Å². The summed E-state index contributed by atoms with van der Waals surface area (Å²) in [7, 11) is 0. The summed E-state index contributed by atoms with van der Waals surface area (Å²) in [6.45, 7) is 3.06. The predicted molar refractivity (Wildman–Crippen MR) is 83.8 cm³/mol. The van der Waals surface area contributed by atoms with Gasteiger partial charge in [0.05, 0.1) is 0 Å². The third kappa shape index (κ3) is 3.58. The SMILES string of the molecule is CCN(Cc1cccc(Cl)c1)C(=O)c1ncccc1Br. The van der Waals surface area contributed by atoms with Gasteiger partial charge in [0.15, 0.2) is 0 Å². The van der Waals surface area contributed by atoms with Gasteiger partial charge >= 0.3 is 0 Å². The molecule has 2 rings (SSSR count). The lowest BCUT2D eigenvalue weighted by molar-refractivity contribution is 0.0745. The molecule has 0 aliphatic rings. The van der Waals surface area contributed by atoms with Crippen LogP contribution in [0.4, 0.5) is 0 Å². The van der Waals surface area contributed by atoms with E-state index in [1.807, 2.05) is 37.3 Å². The summed E-state index contributed by atoms with van der Waals surface area (Å²) >= 11 is 9.33. The first kappa shape index (κ1) is 15.0. The van der Waals surface area contributed by atoms with Crippen LogP contribution in [-0.4, -0.2) is 22.3 Å². The van der Waals surface area contributed by atoms with Gasteiger partial charge in [-0.15, -0.1) is 0 Å². The summed E-state index contributed by atoms with van der Waals surface area (Å²) in [5.74, 6) is -0.0973. The minimum Gasteiger partial charge on any atom is -0.333 e. The van der Waals surface area contributed by atoms with Gasteiger partial charge in [-0.1, -0.05) is 23.7 Å². The molecule has 0 saturated carbocycles. The zero-order valence-electron chi connectivity index (χ0n) is 11.0. The molecule has 0 N–H and O–H groups in total. The lowest BCUT2D eigenvalue weighted by atomic mass is 10.2. The maximum atomic E-state index is 12.5. The Morgan fingerprint density at radius 3 is 2.80 bits per heavy atom. The average Bonchev–Trinajstić information content (AvgIpc) is 2.44. The van der Waals surface area contributed by atoms with Gasteiger partial charge < -0.3 is 4.90 Å². The van der Waals surface area contributed by atoms with E-state index in [9.17, 15) is 4.79 Å². The number of aromatic nitrogens is 1. The van der Waals surface area contributed by atoms with Gasteiger partial charge in [-0.3, -0.25) is 4.79 Å². The Morgan fingerprint density at radius 1 is 1.35 bits per heavy atom. The second-order valence-electron chi connectivity index (χ2n) is 4.28. The highest BCUT2D eigenvalue weighted by molar-refractivity contribution is 9.10. The monoisotopic (exact) mass is 352 g/mol. The van der Waals surface area contributed by atoms with Crippen molar-refractivity contribution in [3.05, 3.63) is 63.3 Å². The number of pyridine rings is 1. The molecule has 0 unspecified atom stereocenters. The first-order chi connectivity index (χ1) is 9.61. The Kier molecular flexibility index (Phi) is 5.15. The van der Waals surface area contributed by atoms with Crippen molar-refractivity contribution in [1.82, 2.24) is 9.88 Å². The molecular weight excluding hydrogens is 340 g/mol. The van der Waals surface area contributed by atoms with Crippen molar-refractivity contribution in [2.75, 3.05) is 6.54 Å². The van der Waals surface area contributed by atoms with Gasteiger partial charge in [-0.05, 0) is 52.7 Å². The van der Waals surface area contributed by atoms with E-state index in [1.54, 1.807) is 17.2 Å². The van der Waals surface area contributed by atoms with Crippen LogP contribution in [0, 0.1) is 0 Å². The van der Waals surface area contributed by atoms with Gasteiger partial charge in [0, 0.05) is 28.8 Å². The zero-order chi connectivity index (χ0) is 14.5. The molecule has 0 fully saturated rings. The Morgan fingerprint density at radius 2 is 2.15 bits per heavy atom. The standard InChI is InChI=1S/C15H14BrClN2O/c1-2-19(10-11-5-3-6-12(17)9-11)15(20)14-13(16)7-4-8-18-14/h3-9H,2,10H2,1H3. The lowest BCUT2D eigenvalue weighted by Gasteiger charge is -2.21. The molecular formula is C15H14BrClN2O. The molecule has 1 heterocycles. The number of carbonyl (C=O) groups excluding carboxylic acids is 1. The predicted octanol–water partition coefficient (Wildman–Crippen LogP) is 4.16.